The van der Waals surface area contributed by atoms with E-state index in [-0.39, 0.29) is 12.1 Å². The lowest BCUT2D eigenvalue weighted by Gasteiger charge is -2.10. The number of aryl methyl sites for hydroxylation is 1. The molecular weight excluding hydrogens is 275 g/mol. The van der Waals surface area contributed by atoms with Gasteiger partial charge in [-0.3, -0.25) is 4.79 Å². The molecule has 2 heterocycles. The van der Waals surface area contributed by atoms with Crippen LogP contribution in [0.2, 0.25) is 0 Å². The van der Waals surface area contributed by atoms with Crippen LogP contribution in [0.25, 0.3) is 0 Å². The Morgan fingerprint density at radius 3 is 2.95 bits per heavy atom. The fraction of sp³-hybridized carbons (Fsp3) is 0.385. The average Bonchev–Trinajstić information content (AvgIpc) is 2.94. The molecule has 1 amide bonds. The second kappa shape index (κ2) is 6.78. The summed E-state index contributed by atoms with van der Waals surface area (Å²) in [6.45, 7) is 5.34. The molecule has 0 aliphatic carbocycles. The molecule has 0 atom stereocenters. The summed E-state index contributed by atoms with van der Waals surface area (Å²) in [7, 11) is 0. The SMILES string of the molecule is CCNc1ncc(F)cc1C(=O)NCc1nncn1CC. The smallest absolute Gasteiger partial charge is 0.255 e. The highest BCUT2D eigenvalue weighted by Crippen LogP contribution is 2.13. The molecule has 8 heteroatoms. The fourth-order valence-corrected chi connectivity index (χ4v) is 1.86. The zero-order chi connectivity index (χ0) is 15.2. The van der Waals surface area contributed by atoms with Crippen LogP contribution in [0.15, 0.2) is 18.6 Å². The second-order valence-corrected chi connectivity index (χ2v) is 4.30. The van der Waals surface area contributed by atoms with Crippen molar-refractivity contribution in [2.24, 2.45) is 0 Å². The molecule has 2 aromatic heterocycles. The summed E-state index contributed by atoms with van der Waals surface area (Å²) >= 11 is 0. The Morgan fingerprint density at radius 2 is 2.24 bits per heavy atom. The van der Waals surface area contributed by atoms with Gasteiger partial charge >= 0.3 is 0 Å². The average molecular weight is 292 g/mol. The first kappa shape index (κ1) is 14.9. The van der Waals surface area contributed by atoms with Crippen molar-refractivity contribution in [1.82, 2.24) is 25.1 Å². The molecule has 0 radical (unpaired) electrons. The standard InChI is InChI=1S/C13H17FN6O/c1-3-15-12-10(5-9(14)6-16-12)13(21)17-7-11-19-18-8-20(11)4-2/h5-6,8H,3-4,7H2,1-2H3,(H,15,16)(H,17,21). The molecule has 0 spiro atoms. The first-order valence-corrected chi connectivity index (χ1v) is 6.70. The Bertz CT molecular complexity index is 627. The van der Waals surface area contributed by atoms with E-state index in [1.165, 1.54) is 0 Å². The summed E-state index contributed by atoms with van der Waals surface area (Å²) in [4.78, 5) is 16.1. The first-order chi connectivity index (χ1) is 10.2. The highest BCUT2D eigenvalue weighted by Gasteiger charge is 2.14. The topological polar surface area (TPSA) is 84.7 Å². The number of halogens is 1. The van der Waals surface area contributed by atoms with Gasteiger partial charge in [-0.15, -0.1) is 10.2 Å². The van der Waals surface area contributed by atoms with Gasteiger partial charge in [0.1, 0.15) is 18.0 Å². The molecule has 0 saturated heterocycles. The minimum absolute atomic E-state index is 0.166. The van der Waals surface area contributed by atoms with Gasteiger partial charge in [-0.1, -0.05) is 0 Å². The molecule has 0 saturated carbocycles. The van der Waals surface area contributed by atoms with E-state index in [1.54, 1.807) is 6.33 Å². The van der Waals surface area contributed by atoms with Crippen LogP contribution in [-0.4, -0.2) is 32.2 Å². The normalized spacial score (nSPS) is 10.4. The van der Waals surface area contributed by atoms with Crippen LogP contribution < -0.4 is 10.6 Å². The molecule has 2 rings (SSSR count). The van der Waals surface area contributed by atoms with Crippen molar-refractivity contribution in [2.75, 3.05) is 11.9 Å². The van der Waals surface area contributed by atoms with Crippen LogP contribution in [0.1, 0.15) is 30.0 Å². The highest BCUT2D eigenvalue weighted by molar-refractivity contribution is 5.98. The monoisotopic (exact) mass is 292 g/mol. The van der Waals surface area contributed by atoms with Gasteiger partial charge in [0.25, 0.3) is 5.91 Å². The molecule has 2 aromatic rings. The van der Waals surface area contributed by atoms with E-state index < -0.39 is 11.7 Å². The fourth-order valence-electron chi connectivity index (χ4n) is 1.86. The molecule has 0 bridgehead atoms. The van der Waals surface area contributed by atoms with E-state index in [0.717, 1.165) is 12.3 Å². The molecule has 112 valence electrons. The zero-order valence-electron chi connectivity index (χ0n) is 11.9. The number of hydrogen-bond acceptors (Lipinski definition) is 5. The van der Waals surface area contributed by atoms with Crippen molar-refractivity contribution in [2.45, 2.75) is 26.9 Å². The van der Waals surface area contributed by atoms with Gasteiger partial charge in [0.15, 0.2) is 5.82 Å². The molecule has 0 fully saturated rings. The maximum absolute atomic E-state index is 13.3. The number of rotatable bonds is 6. The number of nitrogens with zero attached hydrogens (tertiary/aromatic N) is 4. The Hall–Kier alpha value is -2.51. The molecule has 0 aliphatic rings. The molecule has 7 nitrogen and oxygen atoms in total. The maximum atomic E-state index is 13.3. The van der Waals surface area contributed by atoms with E-state index >= 15 is 0 Å². The minimum Gasteiger partial charge on any atom is -0.370 e. The van der Waals surface area contributed by atoms with Crippen molar-refractivity contribution < 1.29 is 9.18 Å². The van der Waals surface area contributed by atoms with Crippen molar-refractivity contribution >= 4 is 11.7 Å². The van der Waals surface area contributed by atoms with E-state index in [9.17, 15) is 9.18 Å². The van der Waals surface area contributed by atoms with Gasteiger partial charge in [0.05, 0.1) is 18.3 Å². The Balaban J connectivity index is 2.11. The molecule has 0 aliphatic heterocycles. The quantitative estimate of drug-likeness (QED) is 0.835. The lowest BCUT2D eigenvalue weighted by Crippen LogP contribution is -2.26. The summed E-state index contributed by atoms with van der Waals surface area (Å²) in [5, 5.41) is 13.3. The van der Waals surface area contributed by atoms with Gasteiger partial charge in [-0.05, 0) is 19.9 Å². The van der Waals surface area contributed by atoms with Crippen LogP contribution in [0, 0.1) is 5.82 Å². The molecule has 0 aromatic carbocycles. The van der Waals surface area contributed by atoms with E-state index in [4.69, 9.17) is 0 Å². The number of carbonyl (C=O) groups excluding carboxylic acids is 1. The van der Waals surface area contributed by atoms with Gasteiger partial charge in [0.2, 0.25) is 0 Å². The lowest BCUT2D eigenvalue weighted by atomic mass is 10.2. The summed E-state index contributed by atoms with van der Waals surface area (Å²) in [5.74, 6) is 0.0238. The first-order valence-electron chi connectivity index (χ1n) is 6.70. The molecule has 21 heavy (non-hydrogen) atoms. The third-order valence-electron chi connectivity index (χ3n) is 2.89. The van der Waals surface area contributed by atoms with Crippen LogP contribution in [0.3, 0.4) is 0 Å². The number of carbonyl (C=O) groups is 1. The van der Waals surface area contributed by atoms with Crippen LogP contribution in [0.5, 0.6) is 0 Å². The van der Waals surface area contributed by atoms with E-state index in [2.05, 4.69) is 25.8 Å². The summed E-state index contributed by atoms with van der Waals surface area (Å²) in [5.41, 5.74) is 0.166. The van der Waals surface area contributed by atoms with Gasteiger partial charge in [-0.25, -0.2) is 9.37 Å². The Labute approximate surface area is 121 Å². The largest absolute Gasteiger partial charge is 0.370 e. The number of nitrogens with one attached hydrogen (secondary N) is 2. The van der Waals surface area contributed by atoms with E-state index in [1.807, 2.05) is 18.4 Å². The van der Waals surface area contributed by atoms with E-state index in [0.29, 0.717) is 24.7 Å². The lowest BCUT2D eigenvalue weighted by molar-refractivity contribution is 0.0949. The predicted molar refractivity (Wildman–Crippen MR) is 75.2 cm³/mol. The summed E-state index contributed by atoms with van der Waals surface area (Å²) in [6, 6.07) is 1.16. The van der Waals surface area contributed by atoms with Gasteiger partial charge in [0, 0.05) is 13.1 Å². The number of hydrogen-bond donors (Lipinski definition) is 2. The Morgan fingerprint density at radius 1 is 1.43 bits per heavy atom. The maximum Gasteiger partial charge on any atom is 0.255 e. The minimum atomic E-state index is -0.557. The third kappa shape index (κ3) is 3.53. The van der Waals surface area contributed by atoms with Crippen molar-refractivity contribution in [3.63, 3.8) is 0 Å². The summed E-state index contributed by atoms with van der Waals surface area (Å²) in [6.07, 6.45) is 2.66. The zero-order valence-corrected chi connectivity index (χ0v) is 11.9. The number of anilines is 1. The van der Waals surface area contributed by atoms with Crippen molar-refractivity contribution in [3.8, 4) is 0 Å². The summed E-state index contributed by atoms with van der Waals surface area (Å²) < 4.78 is 15.1. The second-order valence-electron chi connectivity index (χ2n) is 4.30. The van der Waals surface area contributed by atoms with Gasteiger partial charge < -0.3 is 15.2 Å². The van der Waals surface area contributed by atoms with Crippen molar-refractivity contribution in [3.05, 3.63) is 35.8 Å². The molecule has 0 unspecified atom stereocenters. The van der Waals surface area contributed by atoms with Crippen LogP contribution in [0.4, 0.5) is 10.2 Å². The van der Waals surface area contributed by atoms with Crippen molar-refractivity contribution in [1.29, 1.82) is 0 Å². The molecule has 2 N–H and O–H groups in total. The number of pyridine rings is 1. The third-order valence-corrected chi connectivity index (χ3v) is 2.89. The highest BCUT2D eigenvalue weighted by atomic mass is 19.1. The van der Waals surface area contributed by atoms with Gasteiger partial charge in [-0.2, -0.15) is 0 Å². The number of amides is 1. The van der Waals surface area contributed by atoms with Crippen LogP contribution >= 0.6 is 0 Å². The predicted octanol–water partition coefficient (Wildman–Crippen LogP) is 1.19. The Kier molecular flexibility index (Phi) is 4.81. The number of aromatic nitrogens is 4. The van der Waals surface area contributed by atoms with Crippen LogP contribution in [-0.2, 0) is 13.1 Å². The molecular formula is C13H17FN6O.